The number of methoxy groups -OCH3 is 1. The Balaban J connectivity index is 1.18. The molecular formula is C46H65N9O9S2. The van der Waals surface area contributed by atoms with E-state index in [0.29, 0.717) is 53.2 Å². The molecule has 3 aromatic rings. The quantitative estimate of drug-likeness (QED) is 0.145. The van der Waals surface area contributed by atoms with Crippen molar-refractivity contribution in [3.05, 3.63) is 41.8 Å². The monoisotopic (exact) mass is 951 g/mol. The lowest BCUT2D eigenvalue weighted by atomic mass is 9.86. The summed E-state index contributed by atoms with van der Waals surface area (Å²) < 4.78 is 42.0. The summed E-state index contributed by atoms with van der Waals surface area (Å²) in [5, 5.41) is 25.7. The van der Waals surface area contributed by atoms with Crippen LogP contribution in [0.3, 0.4) is 0 Å². The zero-order valence-electron chi connectivity index (χ0n) is 39.1. The number of carboxylic acid groups (broad SMARTS) is 1. The molecule has 5 N–H and O–H groups in total. The number of ether oxygens (including phenoxy) is 2. The fourth-order valence-corrected chi connectivity index (χ4v) is 11.6. The maximum atomic E-state index is 15.0. The van der Waals surface area contributed by atoms with Gasteiger partial charge in [-0.25, -0.2) is 19.6 Å². The fraction of sp³-hybridized carbons (Fsp3) is 0.609. The number of hydrogen-bond donors (Lipinski definition) is 5. The molecule has 2 saturated heterocycles. The van der Waals surface area contributed by atoms with Gasteiger partial charge in [0.2, 0.25) is 11.8 Å². The topological polar surface area (TPSA) is 225 Å². The van der Waals surface area contributed by atoms with Crippen molar-refractivity contribution in [2.24, 2.45) is 11.3 Å². The molecule has 3 aliphatic heterocycles. The van der Waals surface area contributed by atoms with Crippen LogP contribution in [0.4, 0.5) is 9.93 Å². The number of anilines is 1. The Morgan fingerprint density at radius 1 is 1.06 bits per heavy atom. The zero-order valence-corrected chi connectivity index (χ0v) is 40.8. The van der Waals surface area contributed by atoms with Crippen molar-refractivity contribution in [2.75, 3.05) is 38.6 Å². The van der Waals surface area contributed by atoms with E-state index < -0.39 is 75.1 Å². The first kappa shape index (κ1) is 48.9. The van der Waals surface area contributed by atoms with E-state index in [4.69, 9.17) is 19.4 Å². The van der Waals surface area contributed by atoms with Crippen LogP contribution in [-0.4, -0.2) is 136 Å². The third-order valence-electron chi connectivity index (χ3n) is 12.9. The number of carbonyl (C=O) groups is 4. The number of carbonyl (C=O) groups excluding carboxylic acids is 3. The molecule has 5 heterocycles. The largest absolute Gasteiger partial charge is 0.497 e. The van der Waals surface area contributed by atoms with Gasteiger partial charge in [0.25, 0.3) is 10.2 Å². The first-order chi connectivity index (χ1) is 31.2. The molecule has 1 aromatic carbocycles. The third kappa shape index (κ3) is 10.7. The first-order valence-corrected chi connectivity index (χ1v) is 25.2. The number of aromatic nitrogens is 2. The first-order valence-electron chi connectivity index (χ1n) is 22.9. The second-order valence-electron chi connectivity index (χ2n) is 19.5. The van der Waals surface area contributed by atoms with Crippen LogP contribution in [0.1, 0.15) is 93.4 Å². The van der Waals surface area contributed by atoms with Gasteiger partial charge in [0, 0.05) is 73.0 Å². The lowest BCUT2D eigenvalue weighted by molar-refractivity contribution is -0.145. The number of hydrogen-bond acceptors (Lipinski definition) is 12. The second-order valence-corrected chi connectivity index (χ2v) is 22.2. The van der Waals surface area contributed by atoms with Crippen molar-refractivity contribution in [3.63, 3.8) is 0 Å². The van der Waals surface area contributed by atoms with Gasteiger partial charge in [-0.15, -0.1) is 11.3 Å². The van der Waals surface area contributed by atoms with Crippen LogP contribution in [0.25, 0.3) is 22.3 Å². The summed E-state index contributed by atoms with van der Waals surface area (Å²) in [6.07, 6.45) is 6.37. The molecule has 2 aromatic heterocycles. The molecule has 6 atom stereocenters. The van der Waals surface area contributed by atoms with Gasteiger partial charge in [0.05, 0.1) is 24.9 Å². The summed E-state index contributed by atoms with van der Waals surface area (Å²) in [7, 11) is -2.18. The number of carboxylic acids is 1. The van der Waals surface area contributed by atoms with Gasteiger partial charge in [-0.3, -0.25) is 9.59 Å². The molecule has 0 spiro atoms. The number of pyridine rings is 1. The zero-order chi connectivity index (χ0) is 47.7. The summed E-state index contributed by atoms with van der Waals surface area (Å²) in [6, 6.07) is 3.66. The summed E-state index contributed by atoms with van der Waals surface area (Å²) in [6.45, 7) is 14.1. The maximum absolute atomic E-state index is 15.0. The number of thiazole rings is 1. The van der Waals surface area contributed by atoms with Crippen LogP contribution < -0.4 is 30.7 Å². The third-order valence-corrected chi connectivity index (χ3v) is 15.8. The van der Waals surface area contributed by atoms with Gasteiger partial charge in [-0.2, -0.15) is 17.0 Å². The Morgan fingerprint density at radius 2 is 1.83 bits per heavy atom. The van der Waals surface area contributed by atoms with Crippen molar-refractivity contribution < 1.29 is 42.2 Å². The molecule has 0 radical (unpaired) electrons. The number of aliphatic carboxylic acids is 1. The highest BCUT2D eigenvalue weighted by molar-refractivity contribution is 7.87. The molecule has 0 bridgehead atoms. The van der Waals surface area contributed by atoms with Crippen LogP contribution in [0, 0.1) is 11.3 Å². The van der Waals surface area contributed by atoms with Crippen LogP contribution in [-0.2, 0) is 24.6 Å². The van der Waals surface area contributed by atoms with Gasteiger partial charge in [-0.05, 0) is 70.9 Å². The van der Waals surface area contributed by atoms with E-state index in [1.54, 1.807) is 25.3 Å². The number of benzene rings is 1. The standard InChI is InChI=1S/C46H65N9O9S2/c1-27(2)47-44-50-36(26-65-44)35-22-38(32-17-16-30(63-8)20-34(32)48-35)64-31-21-37-40(56)52-46(42(58)59)23-29(46)14-12-10-9-11-13-15-33(41(57)54(37)24-31)49-43(60)51-39(45(5,6)7)25-53-18-19-55(28(3)4)66(53,61)62/h12,14,16-17,20,22,26-29,31,33,37,39H,9-11,13,15,18-19,21,23-25H2,1-8H3,(H,47,50)(H,52,56)(H,58,59)(H2,49,51,60)/b14-12-/t29?,31-,33-,37+,39-,46-/m1/s1. The molecule has 1 aliphatic carbocycles. The summed E-state index contributed by atoms with van der Waals surface area (Å²) in [4.78, 5) is 67.3. The SMILES string of the molecule is COc1ccc2c(O[C@@H]3C[C@H]4C(=O)N[C@]5(C(=O)O)CC5/C=C\CCCCC[C@@H](NC(=O)N[C@H](CN5CCN(C(C)C)S5(=O)=O)C(C)(C)C)C(=O)N4C3)cc(-c3csc(NC(C)C)n3)nc2c1. The molecule has 4 aliphatic rings. The van der Waals surface area contributed by atoms with Crippen molar-refractivity contribution >= 4 is 61.4 Å². The predicted octanol–water partition coefficient (Wildman–Crippen LogP) is 5.37. The highest BCUT2D eigenvalue weighted by Gasteiger charge is 2.61. The molecule has 1 saturated carbocycles. The Bertz CT molecular complexity index is 2440. The highest BCUT2D eigenvalue weighted by Crippen LogP contribution is 2.46. The molecular weight excluding hydrogens is 887 g/mol. The molecule has 360 valence electrons. The van der Waals surface area contributed by atoms with E-state index in [1.807, 2.05) is 72.1 Å². The Hall–Kier alpha value is -5.05. The minimum absolute atomic E-state index is 0.0327. The molecule has 4 amide bonds. The highest BCUT2D eigenvalue weighted by atomic mass is 32.2. The number of allylic oxidation sites excluding steroid dienone is 1. The van der Waals surface area contributed by atoms with Gasteiger partial charge in [0.1, 0.15) is 40.9 Å². The Labute approximate surface area is 391 Å². The van der Waals surface area contributed by atoms with E-state index in [0.717, 1.165) is 18.0 Å². The number of fused-ring (bicyclic) bond motifs is 3. The van der Waals surface area contributed by atoms with Gasteiger partial charge in [0.15, 0.2) is 5.13 Å². The Kier molecular flexibility index (Phi) is 14.6. The average Bonchev–Trinajstić information content (AvgIpc) is 3.50. The minimum Gasteiger partial charge on any atom is -0.497 e. The number of nitrogens with zero attached hydrogens (tertiary/aromatic N) is 5. The molecule has 1 unspecified atom stereocenters. The number of nitrogens with one attached hydrogen (secondary N) is 4. The number of amides is 4. The molecule has 20 heteroatoms. The predicted molar refractivity (Wildman–Crippen MR) is 253 cm³/mol. The van der Waals surface area contributed by atoms with Gasteiger partial charge in [-0.1, -0.05) is 45.8 Å². The lowest BCUT2D eigenvalue weighted by Crippen LogP contribution is -2.59. The minimum atomic E-state index is -3.75. The smallest absolute Gasteiger partial charge is 0.330 e. The maximum Gasteiger partial charge on any atom is 0.330 e. The molecule has 18 nitrogen and oxygen atoms in total. The fourth-order valence-electron chi connectivity index (χ4n) is 8.96. The molecule has 66 heavy (non-hydrogen) atoms. The van der Waals surface area contributed by atoms with E-state index in [2.05, 4.69) is 21.3 Å². The van der Waals surface area contributed by atoms with Crippen LogP contribution in [0.2, 0.25) is 0 Å². The Morgan fingerprint density at radius 3 is 2.52 bits per heavy atom. The van der Waals surface area contributed by atoms with E-state index >= 15 is 0 Å². The van der Waals surface area contributed by atoms with Crippen LogP contribution >= 0.6 is 11.3 Å². The van der Waals surface area contributed by atoms with Crippen LogP contribution in [0.15, 0.2) is 41.8 Å². The summed E-state index contributed by atoms with van der Waals surface area (Å²) >= 11 is 1.45. The second kappa shape index (κ2) is 19.7. The normalized spacial score (nSPS) is 26.2. The van der Waals surface area contributed by atoms with Crippen molar-refractivity contribution in [1.29, 1.82) is 0 Å². The number of urea groups is 1. The lowest BCUT2D eigenvalue weighted by Gasteiger charge is -2.35. The van der Waals surface area contributed by atoms with Crippen molar-refractivity contribution in [3.8, 4) is 22.9 Å². The van der Waals surface area contributed by atoms with E-state index in [-0.39, 0.29) is 51.0 Å². The van der Waals surface area contributed by atoms with E-state index in [9.17, 15) is 32.7 Å². The van der Waals surface area contributed by atoms with Gasteiger partial charge >= 0.3 is 12.0 Å². The molecule has 3 fully saturated rings. The van der Waals surface area contributed by atoms with Crippen LogP contribution in [0.5, 0.6) is 11.5 Å². The molecule has 7 rings (SSSR count). The van der Waals surface area contributed by atoms with E-state index in [1.165, 1.54) is 24.8 Å². The van der Waals surface area contributed by atoms with Crippen molar-refractivity contribution in [1.82, 2.24) is 39.4 Å². The summed E-state index contributed by atoms with van der Waals surface area (Å²) in [5.74, 6) is -1.66. The van der Waals surface area contributed by atoms with Gasteiger partial charge < -0.3 is 40.7 Å². The summed E-state index contributed by atoms with van der Waals surface area (Å²) in [5.41, 5.74) is -0.342. The average molecular weight is 952 g/mol. The number of rotatable bonds is 12. The van der Waals surface area contributed by atoms with Crippen molar-refractivity contribution in [2.45, 2.75) is 135 Å².